The van der Waals surface area contributed by atoms with Crippen LogP contribution < -0.4 is 5.32 Å². The number of hydrogen-bond acceptors (Lipinski definition) is 3. The van der Waals surface area contributed by atoms with Gasteiger partial charge >= 0.3 is 0 Å². The van der Waals surface area contributed by atoms with E-state index < -0.39 is 5.82 Å². The molecule has 92 valence electrons. The number of amides is 1. The number of nitrogens with zero attached hydrogens (tertiary/aromatic N) is 1. The Hall–Kier alpha value is -1.49. The number of nitrogens with one attached hydrogen (secondary N) is 1. The molecule has 17 heavy (non-hydrogen) atoms. The number of halogens is 1. The molecule has 2 atom stereocenters. The van der Waals surface area contributed by atoms with Crippen LogP contribution in [-0.2, 0) is 9.53 Å². The van der Waals surface area contributed by atoms with Crippen molar-refractivity contribution in [1.82, 2.24) is 4.98 Å². The first-order valence-electron chi connectivity index (χ1n) is 5.70. The fourth-order valence-corrected chi connectivity index (χ4v) is 1.97. The molecular weight excluding hydrogens is 223 g/mol. The average Bonchev–Trinajstić information content (AvgIpc) is 2.32. The molecule has 1 aromatic rings. The van der Waals surface area contributed by atoms with E-state index in [1.54, 1.807) is 0 Å². The second-order valence-corrected chi connectivity index (χ2v) is 4.17. The Morgan fingerprint density at radius 1 is 1.65 bits per heavy atom. The SMILES string of the molecule is CC1OCCCC1C(=O)Nc1ccncc1F. The van der Waals surface area contributed by atoms with Crippen LogP contribution in [0.25, 0.3) is 0 Å². The smallest absolute Gasteiger partial charge is 0.230 e. The summed E-state index contributed by atoms with van der Waals surface area (Å²) >= 11 is 0. The lowest BCUT2D eigenvalue weighted by molar-refractivity contribution is -0.127. The number of hydrogen-bond donors (Lipinski definition) is 1. The van der Waals surface area contributed by atoms with Crippen LogP contribution in [0.4, 0.5) is 10.1 Å². The van der Waals surface area contributed by atoms with Crippen LogP contribution in [0.3, 0.4) is 0 Å². The van der Waals surface area contributed by atoms with Crippen molar-refractivity contribution in [3.63, 3.8) is 0 Å². The number of carbonyl (C=O) groups excluding carboxylic acids is 1. The third kappa shape index (κ3) is 2.79. The van der Waals surface area contributed by atoms with Crippen molar-refractivity contribution < 1.29 is 13.9 Å². The maximum absolute atomic E-state index is 13.3. The van der Waals surface area contributed by atoms with E-state index in [-0.39, 0.29) is 23.6 Å². The highest BCUT2D eigenvalue weighted by atomic mass is 19.1. The van der Waals surface area contributed by atoms with E-state index >= 15 is 0 Å². The van der Waals surface area contributed by atoms with Gasteiger partial charge in [0.15, 0.2) is 5.82 Å². The monoisotopic (exact) mass is 238 g/mol. The number of ether oxygens (including phenoxy) is 1. The number of pyridine rings is 1. The van der Waals surface area contributed by atoms with Gasteiger partial charge in [0.25, 0.3) is 0 Å². The van der Waals surface area contributed by atoms with E-state index in [2.05, 4.69) is 10.3 Å². The van der Waals surface area contributed by atoms with Gasteiger partial charge in [0.2, 0.25) is 5.91 Å². The van der Waals surface area contributed by atoms with Crippen molar-refractivity contribution in [2.24, 2.45) is 5.92 Å². The van der Waals surface area contributed by atoms with Crippen molar-refractivity contribution >= 4 is 11.6 Å². The van der Waals surface area contributed by atoms with Gasteiger partial charge < -0.3 is 10.1 Å². The third-order valence-electron chi connectivity index (χ3n) is 2.97. The molecule has 0 aromatic carbocycles. The van der Waals surface area contributed by atoms with Gasteiger partial charge in [-0.25, -0.2) is 4.39 Å². The van der Waals surface area contributed by atoms with Crippen molar-refractivity contribution in [3.05, 3.63) is 24.3 Å². The van der Waals surface area contributed by atoms with Crippen LogP contribution in [0.2, 0.25) is 0 Å². The highest BCUT2D eigenvalue weighted by molar-refractivity contribution is 5.93. The molecular formula is C12H15FN2O2. The van der Waals surface area contributed by atoms with Crippen molar-refractivity contribution in [3.8, 4) is 0 Å². The fraction of sp³-hybridized carbons (Fsp3) is 0.500. The first-order chi connectivity index (χ1) is 8.18. The van der Waals surface area contributed by atoms with E-state index in [1.165, 1.54) is 12.3 Å². The molecule has 1 N–H and O–H groups in total. The highest BCUT2D eigenvalue weighted by Crippen LogP contribution is 2.22. The van der Waals surface area contributed by atoms with Crippen LogP contribution in [0.5, 0.6) is 0 Å². The molecule has 0 bridgehead atoms. The molecule has 1 amide bonds. The standard InChI is InChI=1S/C12H15FN2O2/c1-8-9(3-2-6-17-8)12(16)15-11-4-5-14-7-10(11)13/h4-5,7-9H,2-3,6H2,1H3,(H,14,15,16). The Bertz CT molecular complexity index is 411. The molecule has 1 aromatic heterocycles. The highest BCUT2D eigenvalue weighted by Gasteiger charge is 2.28. The average molecular weight is 238 g/mol. The zero-order chi connectivity index (χ0) is 12.3. The maximum Gasteiger partial charge on any atom is 0.230 e. The van der Waals surface area contributed by atoms with Gasteiger partial charge in [0.05, 0.1) is 23.9 Å². The molecule has 5 heteroatoms. The summed E-state index contributed by atoms with van der Waals surface area (Å²) < 4.78 is 18.7. The molecule has 1 saturated heterocycles. The normalized spacial score (nSPS) is 24.4. The molecule has 0 saturated carbocycles. The van der Waals surface area contributed by atoms with Gasteiger partial charge in [-0.2, -0.15) is 0 Å². The number of anilines is 1. The van der Waals surface area contributed by atoms with E-state index in [0.717, 1.165) is 19.0 Å². The van der Waals surface area contributed by atoms with Crippen LogP contribution in [0.15, 0.2) is 18.5 Å². The van der Waals surface area contributed by atoms with Gasteiger partial charge in [-0.05, 0) is 25.8 Å². The Morgan fingerprint density at radius 2 is 2.47 bits per heavy atom. The zero-order valence-corrected chi connectivity index (χ0v) is 9.65. The molecule has 4 nitrogen and oxygen atoms in total. The quantitative estimate of drug-likeness (QED) is 0.857. The summed E-state index contributed by atoms with van der Waals surface area (Å²) in [7, 11) is 0. The lowest BCUT2D eigenvalue weighted by Gasteiger charge is -2.28. The lowest BCUT2D eigenvalue weighted by atomic mass is 9.94. The third-order valence-corrected chi connectivity index (χ3v) is 2.97. The Balaban J connectivity index is 2.03. The first kappa shape index (κ1) is 12.0. The van der Waals surface area contributed by atoms with Crippen LogP contribution in [0.1, 0.15) is 19.8 Å². The van der Waals surface area contributed by atoms with Crippen molar-refractivity contribution in [1.29, 1.82) is 0 Å². The largest absolute Gasteiger partial charge is 0.378 e. The molecule has 2 rings (SSSR count). The molecule has 0 radical (unpaired) electrons. The second kappa shape index (κ2) is 5.23. The van der Waals surface area contributed by atoms with E-state index in [4.69, 9.17) is 4.74 Å². The molecule has 2 heterocycles. The molecule has 0 aliphatic carbocycles. The van der Waals surface area contributed by atoms with Crippen LogP contribution >= 0.6 is 0 Å². The summed E-state index contributed by atoms with van der Waals surface area (Å²) in [6.07, 6.45) is 4.05. The molecule has 0 spiro atoms. The molecule has 1 fully saturated rings. The van der Waals surface area contributed by atoms with Crippen molar-refractivity contribution in [2.75, 3.05) is 11.9 Å². The second-order valence-electron chi connectivity index (χ2n) is 4.17. The van der Waals surface area contributed by atoms with Gasteiger partial charge in [-0.15, -0.1) is 0 Å². The predicted molar refractivity (Wildman–Crippen MR) is 61.0 cm³/mol. The van der Waals surface area contributed by atoms with Crippen molar-refractivity contribution in [2.45, 2.75) is 25.9 Å². The topological polar surface area (TPSA) is 51.2 Å². The van der Waals surface area contributed by atoms with Gasteiger partial charge in [0.1, 0.15) is 0 Å². The Morgan fingerprint density at radius 3 is 3.18 bits per heavy atom. The fourth-order valence-electron chi connectivity index (χ4n) is 1.97. The van der Waals surface area contributed by atoms with E-state index in [0.29, 0.717) is 6.61 Å². The number of carbonyl (C=O) groups is 1. The molecule has 1 aliphatic heterocycles. The zero-order valence-electron chi connectivity index (χ0n) is 9.65. The minimum atomic E-state index is -0.523. The summed E-state index contributed by atoms with van der Waals surface area (Å²) in [4.78, 5) is 15.6. The molecule has 2 unspecified atom stereocenters. The van der Waals surface area contributed by atoms with Crippen LogP contribution in [0, 0.1) is 11.7 Å². The first-order valence-corrected chi connectivity index (χ1v) is 5.70. The Labute approximate surface area is 99.2 Å². The number of rotatable bonds is 2. The van der Waals surface area contributed by atoms with E-state index in [1.807, 2.05) is 6.92 Å². The van der Waals surface area contributed by atoms with Gasteiger partial charge in [-0.1, -0.05) is 0 Å². The van der Waals surface area contributed by atoms with E-state index in [9.17, 15) is 9.18 Å². The summed E-state index contributed by atoms with van der Waals surface area (Å²) in [6.45, 7) is 2.56. The lowest BCUT2D eigenvalue weighted by Crippen LogP contribution is -2.36. The maximum atomic E-state index is 13.3. The minimum absolute atomic E-state index is 0.117. The van der Waals surface area contributed by atoms with Crippen LogP contribution in [-0.4, -0.2) is 23.6 Å². The molecule has 1 aliphatic rings. The number of aromatic nitrogens is 1. The minimum Gasteiger partial charge on any atom is -0.378 e. The van der Waals surface area contributed by atoms with Gasteiger partial charge in [-0.3, -0.25) is 9.78 Å². The predicted octanol–water partition coefficient (Wildman–Crippen LogP) is 1.97. The summed E-state index contributed by atoms with van der Waals surface area (Å²) in [5.74, 6) is -0.927. The Kier molecular flexibility index (Phi) is 3.68. The summed E-state index contributed by atoms with van der Waals surface area (Å²) in [5.41, 5.74) is 0.169. The summed E-state index contributed by atoms with van der Waals surface area (Å²) in [5, 5.41) is 2.58. The van der Waals surface area contributed by atoms with Gasteiger partial charge in [0, 0.05) is 12.8 Å². The summed E-state index contributed by atoms with van der Waals surface area (Å²) in [6, 6.07) is 1.45.